The molecule has 2 amide bonds. The number of sulfonamides is 1. The number of aromatic nitrogens is 2. The van der Waals surface area contributed by atoms with Crippen molar-refractivity contribution in [3.05, 3.63) is 82.5 Å². The minimum absolute atomic E-state index is 0.161. The second kappa shape index (κ2) is 11.6. The Bertz CT molecular complexity index is 1760. The molecule has 0 unspecified atom stereocenters. The first kappa shape index (κ1) is 29.3. The number of fused-ring (bicyclic) bond motifs is 1. The van der Waals surface area contributed by atoms with Gasteiger partial charge in [0, 0.05) is 35.8 Å². The fraction of sp³-hybridized carbons (Fsp3) is 0.323. The monoisotopic (exact) mass is 588 g/mol. The molecule has 0 saturated carbocycles. The van der Waals surface area contributed by atoms with Crippen molar-refractivity contribution in [2.45, 2.75) is 58.0 Å². The largest absolute Gasteiger partial charge is 0.383 e. The van der Waals surface area contributed by atoms with E-state index in [4.69, 9.17) is 0 Å². The van der Waals surface area contributed by atoms with Crippen molar-refractivity contribution in [3.8, 4) is 5.69 Å². The van der Waals surface area contributed by atoms with Crippen LogP contribution in [0.5, 0.6) is 0 Å². The molecule has 10 nitrogen and oxygen atoms in total. The van der Waals surface area contributed by atoms with Crippen molar-refractivity contribution < 1.29 is 18.0 Å². The number of carbonyl (C=O) groups is 2. The number of nitrogens with one attached hydrogen (secondary N) is 4. The Morgan fingerprint density at radius 2 is 1.71 bits per heavy atom. The van der Waals surface area contributed by atoms with Gasteiger partial charge in [0.15, 0.2) is 0 Å². The molecule has 0 bridgehead atoms. The highest BCUT2D eigenvalue weighted by molar-refractivity contribution is 7.89. The second-order valence-corrected chi connectivity index (χ2v) is 12.7. The van der Waals surface area contributed by atoms with Gasteiger partial charge < -0.3 is 16.0 Å². The molecule has 0 spiro atoms. The van der Waals surface area contributed by atoms with E-state index in [-0.39, 0.29) is 17.9 Å². The summed E-state index contributed by atoms with van der Waals surface area (Å²) < 4.78 is 31.0. The van der Waals surface area contributed by atoms with Crippen LogP contribution < -0.4 is 20.7 Å². The van der Waals surface area contributed by atoms with E-state index in [0.29, 0.717) is 30.0 Å². The van der Waals surface area contributed by atoms with Crippen molar-refractivity contribution in [2.24, 2.45) is 0 Å². The molecule has 4 N–H and O–H groups in total. The molecule has 2 atom stereocenters. The summed E-state index contributed by atoms with van der Waals surface area (Å²) in [6.45, 7) is 10.3. The van der Waals surface area contributed by atoms with Gasteiger partial charge in [-0.25, -0.2) is 17.8 Å². The Morgan fingerprint density at radius 1 is 1.05 bits per heavy atom. The van der Waals surface area contributed by atoms with Crippen LogP contribution in [0.2, 0.25) is 0 Å². The third kappa shape index (κ3) is 6.02. The van der Waals surface area contributed by atoms with Crippen molar-refractivity contribution >= 4 is 38.4 Å². The molecule has 42 heavy (non-hydrogen) atoms. The first-order valence-corrected chi connectivity index (χ1v) is 15.4. The van der Waals surface area contributed by atoms with Gasteiger partial charge in [0.2, 0.25) is 15.9 Å². The van der Waals surface area contributed by atoms with Crippen LogP contribution in [0.1, 0.15) is 46.0 Å². The van der Waals surface area contributed by atoms with E-state index in [1.54, 1.807) is 23.0 Å². The number of benzene rings is 3. The molecule has 0 radical (unpaired) electrons. The van der Waals surface area contributed by atoms with Crippen LogP contribution in [0.4, 0.5) is 5.69 Å². The molecular formula is C31H36N6O4S. The fourth-order valence-electron chi connectivity index (χ4n) is 5.57. The number of aryl methyl sites for hydroxylation is 4. The predicted molar refractivity (Wildman–Crippen MR) is 164 cm³/mol. The average Bonchev–Trinajstić information content (AvgIpc) is 3.52. The Labute approximate surface area is 245 Å². The lowest BCUT2D eigenvalue weighted by molar-refractivity contribution is -0.120. The molecule has 1 saturated heterocycles. The average molecular weight is 589 g/mol. The van der Waals surface area contributed by atoms with Gasteiger partial charge in [-0.15, -0.1) is 0 Å². The molecular weight excluding hydrogens is 552 g/mol. The van der Waals surface area contributed by atoms with E-state index in [2.05, 4.69) is 25.8 Å². The first-order valence-electron chi connectivity index (χ1n) is 13.9. The maximum absolute atomic E-state index is 13.2. The molecule has 1 aromatic heterocycles. The van der Waals surface area contributed by atoms with Gasteiger partial charge in [-0.3, -0.25) is 9.59 Å². The lowest BCUT2D eigenvalue weighted by Gasteiger charge is -2.19. The SMILES string of the molecule is Cc1cc(C)c(S(=O)(=O)N[C@@H](C)CNc2cc(C)cc3c2cnn3-c2ccc(C(=O)N[C@H]3CCNC3=O)cc2)c(C)c1. The van der Waals surface area contributed by atoms with Gasteiger partial charge in [0.1, 0.15) is 6.04 Å². The highest BCUT2D eigenvalue weighted by Gasteiger charge is 2.26. The normalized spacial score (nSPS) is 15.9. The van der Waals surface area contributed by atoms with Crippen LogP contribution in [-0.2, 0) is 14.8 Å². The van der Waals surface area contributed by atoms with E-state index in [0.717, 1.165) is 44.5 Å². The summed E-state index contributed by atoms with van der Waals surface area (Å²) in [6, 6.07) is 14.0. The number of hydrogen-bond acceptors (Lipinski definition) is 6. The molecule has 1 aliphatic heterocycles. The lowest BCUT2D eigenvalue weighted by atomic mass is 10.1. The van der Waals surface area contributed by atoms with Crippen LogP contribution in [-0.4, -0.2) is 55.2 Å². The van der Waals surface area contributed by atoms with Crippen molar-refractivity contribution in [3.63, 3.8) is 0 Å². The van der Waals surface area contributed by atoms with E-state index in [1.165, 1.54) is 0 Å². The summed E-state index contributed by atoms with van der Waals surface area (Å²) in [5, 5.41) is 14.4. The van der Waals surface area contributed by atoms with Crippen molar-refractivity contribution in [1.29, 1.82) is 0 Å². The molecule has 4 aromatic rings. The van der Waals surface area contributed by atoms with Crippen molar-refractivity contribution in [2.75, 3.05) is 18.4 Å². The van der Waals surface area contributed by atoms with E-state index in [9.17, 15) is 18.0 Å². The molecule has 2 heterocycles. The summed E-state index contributed by atoms with van der Waals surface area (Å²) in [6.07, 6.45) is 2.35. The topological polar surface area (TPSA) is 134 Å². The molecule has 3 aromatic carbocycles. The number of nitrogens with zero attached hydrogens (tertiary/aromatic N) is 2. The summed E-state index contributed by atoms with van der Waals surface area (Å²) in [4.78, 5) is 24.7. The van der Waals surface area contributed by atoms with Crippen LogP contribution in [0.3, 0.4) is 0 Å². The fourth-order valence-corrected chi connectivity index (χ4v) is 7.26. The van der Waals surface area contributed by atoms with Gasteiger partial charge in [-0.1, -0.05) is 17.7 Å². The summed E-state index contributed by atoms with van der Waals surface area (Å²) in [5.41, 5.74) is 6.44. The molecule has 220 valence electrons. The van der Waals surface area contributed by atoms with Gasteiger partial charge in [0.05, 0.1) is 22.3 Å². The number of anilines is 1. The zero-order chi connectivity index (χ0) is 30.2. The maximum Gasteiger partial charge on any atom is 0.251 e. The third-order valence-corrected chi connectivity index (χ3v) is 9.28. The third-order valence-electron chi connectivity index (χ3n) is 7.39. The van der Waals surface area contributed by atoms with E-state index in [1.807, 2.05) is 71.0 Å². The van der Waals surface area contributed by atoms with Gasteiger partial charge in [-0.2, -0.15) is 5.10 Å². The quantitative estimate of drug-likeness (QED) is 0.236. The number of rotatable bonds is 9. The van der Waals surface area contributed by atoms with E-state index < -0.39 is 16.1 Å². The zero-order valence-electron chi connectivity index (χ0n) is 24.4. The highest BCUT2D eigenvalue weighted by atomic mass is 32.2. The smallest absolute Gasteiger partial charge is 0.251 e. The van der Waals surface area contributed by atoms with Crippen LogP contribution in [0, 0.1) is 27.7 Å². The summed E-state index contributed by atoms with van der Waals surface area (Å²) in [5.74, 6) is -0.459. The Balaban J connectivity index is 1.30. The molecule has 0 aliphatic carbocycles. The number of amides is 2. The van der Waals surface area contributed by atoms with Crippen LogP contribution >= 0.6 is 0 Å². The van der Waals surface area contributed by atoms with E-state index >= 15 is 0 Å². The molecule has 1 fully saturated rings. The van der Waals surface area contributed by atoms with Gasteiger partial charge in [-0.05, 0) is 94.1 Å². The number of carbonyl (C=O) groups excluding carboxylic acids is 2. The minimum atomic E-state index is -3.70. The van der Waals surface area contributed by atoms with Crippen LogP contribution in [0.15, 0.2) is 59.6 Å². The van der Waals surface area contributed by atoms with Crippen molar-refractivity contribution in [1.82, 2.24) is 25.1 Å². The Kier molecular flexibility index (Phi) is 8.07. The van der Waals surface area contributed by atoms with Crippen LogP contribution in [0.25, 0.3) is 16.6 Å². The summed E-state index contributed by atoms with van der Waals surface area (Å²) in [7, 11) is -3.70. The molecule has 11 heteroatoms. The first-order chi connectivity index (χ1) is 19.9. The molecule has 1 aliphatic rings. The van der Waals surface area contributed by atoms with Gasteiger partial charge >= 0.3 is 0 Å². The van der Waals surface area contributed by atoms with Gasteiger partial charge in [0.25, 0.3) is 5.91 Å². The highest BCUT2D eigenvalue weighted by Crippen LogP contribution is 2.28. The maximum atomic E-state index is 13.2. The predicted octanol–water partition coefficient (Wildman–Crippen LogP) is 3.66. The Morgan fingerprint density at radius 3 is 2.36 bits per heavy atom. The molecule has 5 rings (SSSR count). The Hall–Kier alpha value is -4.22. The zero-order valence-corrected chi connectivity index (χ0v) is 25.2. The lowest BCUT2D eigenvalue weighted by Crippen LogP contribution is -2.40. The minimum Gasteiger partial charge on any atom is -0.383 e. The number of hydrogen-bond donors (Lipinski definition) is 4. The summed E-state index contributed by atoms with van der Waals surface area (Å²) >= 11 is 0. The second-order valence-electron chi connectivity index (χ2n) is 11.1. The standard InChI is InChI=1S/C31H36N6O4S/c1-18-12-20(3)29(21(4)13-18)42(40,41)36-22(5)16-33-27-14-19(2)15-28-25(27)17-34-37(28)24-8-6-23(7-9-24)30(38)35-26-10-11-32-31(26)39/h6-9,12-15,17,22,26,33,36H,10-11,16H2,1-5H3,(H,32,39)(H,35,38)/t22-,26-/m0/s1.